The molecule has 4 N–H and O–H groups in total. The van der Waals surface area contributed by atoms with Crippen molar-refractivity contribution in [2.75, 3.05) is 11.5 Å². The lowest BCUT2D eigenvalue weighted by molar-refractivity contribution is 1.64. The van der Waals surface area contributed by atoms with Crippen LogP contribution in [0, 0.1) is 12.3 Å². The molecule has 2 aromatic carbocycles. The van der Waals surface area contributed by atoms with Gasteiger partial charge in [-0.15, -0.1) is 6.42 Å². The van der Waals surface area contributed by atoms with Gasteiger partial charge in [0.25, 0.3) is 0 Å². The molecule has 80 valence electrons. The van der Waals surface area contributed by atoms with Gasteiger partial charge in [0.05, 0.1) is 0 Å². The normalized spacial score (nSPS) is 8.44. The summed E-state index contributed by atoms with van der Waals surface area (Å²) in [7, 11) is 0. The molecule has 16 heavy (non-hydrogen) atoms. The van der Waals surface area contributed by atoms with Crippen molar-refractivity contribution >= 4 is 11.4 Å². The zero-order chi connectivity index (χ0) is 11.8. The van der Waals surface area contributed by atoms with Gasteiger partial charge in [0.2, 0.25) is 0 Å². The topological polar surface area (TPSA) is 52.0 Å². The van der Waals surface area contributed by atoms with Crippen molar-refractivity contribution in [2.24, 2.45) is 0 Å². The van der Waals surface area contributed by atoms with Gasteiger partial charge >= 0.3 is 0 Å². The molecule has 0 spiro atoms. The third-order valence-electron chi connectivity index (χ3n) is 1.85. The molecule has 0 heterocycles. The number of nitrogens with two attached hydrogens (primary N) is 2. The number of benzene rings is 2. The van der Waals surface area contributed by atoms with Crippen molar-refractivity contribution in [3.63, 3.8) is 0 Å². The van der Waals surface area contributed by atoms with E-state index >= 15 is 0 Å². The number of hydrogen-bond donors (Lipinski definition) is 2. The minimum absolute atomic E-state index is 0.713. The molecular weight excluding hydrogens is 196 g/mol. The molecule has 0 saturated carbocycles. The van der Waals surface area contributed by atoms with E-state index in [0.29, 0.717) is 5.69 Å². The maximum absolute atomic E-state index is 5.44. The monoisotopic (exact) mass is 210 g/mol. The second kappa shape index (κ2) is 6.15. The number of nitrogen functional groups attached to an aromatic ring is 2. The van der Waals surface area contributed by atoms with Gasteiger partial charge in [-0.1, -0.05) is 30.2 Å². The number of terminal acetylenes is 1. The maximum Gasteiger partial charge on any atom is 0.0326 e. The van der Waals surface area contributed by atoms with Crippen molar-refractivity contribution < 1.29 is 0 Å². The number of anilines is 2. The molecule has 0 unspecified atom stereocenters. The fourth-order valence-electron chi connectivity index (χ4n) is 1.08. The summed E-state index contributed by atoms with van der Waals surface area (Å²) < 4.78 is 0. The molecule has 0 aliphatic heterocycles. The van der Waals surface area contributed by atoms with Crippen LogP contribution < -0.4 is 11.5 Å². The molecule has 0 aliphatic rings. The first-order chi connectivity index (χ1) is 7.72. The van der Waals surface area contributed by atoms with Crippen molar-refractivity contribution in [2.45, 2.75) is 0 Å². The van der Waals surface area contributed by atoms with Gasteiger partial charge in [0.15, 0.2) is 0 Å². The van der Waals surface area contributed by atoms with E-state index in [1.807, 2.05) is 42.5 Å². The lowest BCUT2D eigenvalue weighted by Crippen LogP contribution is -1.83. The summed E-state index contributed by atoms with van der Waals surface area (Å²) >= 11 is 0. The molecule has 2 rings (SSSR count). The van der Waals surface area contributed by atoms with Gasteiger partial charge < -0.3 is 11.5 Å². The fourth-order valence-corrected chi connectivity index (χ4v) is 1.08. The van der Waals surface area contributed by atoms with E-state index in [2.05, 4.69) is 5.92 Å². The Hall–Kier alpha value is -2.40. The molecule has 0 fully saturated rings. The van der Waals surface area contributed by atoms with Gasteiger partial charge in [0.1, 0.15) is 0 Å². The van der Waals surface area contributed by atoms with E-state index in [9.17, 15) is 0 Å². The molecular formula is C14H14N2. The smallest absolute Gasteiger partial charge is 0.0326 e. The highest BCUT2D eigenvalue weighted by molar-refractivity contribution is 5.46. The average Bonchev–Trinajstić information content (AvgIpc) is 2.31. The summed E-state index contributed by atoms with van der Waals surface area (Å²) in [6.07, 6.45) is 5.11. The Morgan fingerprint density at radius 2 is 1.44 bits per heavy atom. The van der Waals surface area contributed by atoms with E-state index in [1.165, 1.54) is 0 Å². The number of para-hydroxylation sites is 1. The van der Waals surface area contributed by atoms with E-state index in [0.717, 1.165) is 11.3 Å². The zero-order valence-corrected chi connectivity index (χ0v) is 8.93. The lowest BCUT2D eigenvalue weighted by Gasteiger charge is -1.90. The Balaban J connectivity index is 0.000000165. The van der Waals surface area contributed by atoms with E-state index in [1.54, 1.807) is 12.1 Å². The van der Waals surface area contributed by atoms with E-state index < -0.39 is 0 Å². The zero-order valence-electron chi connectivity index (χ0n) is 8.93. The van der Waals surface area contributed by atoms with Crippen molar-refractivity contribution in [3.8, 4) is 12.3 Å². The molecule has 2 heteroatoms. The summed E-state index contributed by atoms with van der Waals surface area (Å²) in [5.74, 6) is 2.49. The summed E-state index contributed by atoms with van der Waals surface area (Å²) in [6.45, 7) is 0. The molecule has 0 radical (unpaired) electrons. The molecule has 0 saturated heterocycles. The lowest BCUT2D eigenvalue weighted by atomic mass is 10.2. The van der Waals surface area contributed by atoms with E-state index in [4.69, 9.17) is 17.9 Å². The van der Waals surface area contributed by atoms with Crippen LogP contribution in [0.2, 0.25) is 0 Å². The minimum atomic E-state index is 0.713. The van der Waals surface area contributed by atoms with Crippen LogP contribution in [0.3, 0.4) is 0 Å². The average molecular weight is 210 g/mol. The standard InChI is InChI=1S/C8H7N.C6H7N/c1-2-7-4-3-5-8(9)6-7;7-6-4-2-1-3-5-6/h1,3-6H,9H2;1-5H,7H2. The van der Waals surface area contributed by atoms with Gasteiger partial charge in [-0.05, 0) is 30.3 Å². The molecule has 0 atom stereocenters. The van der Waals surface area contributed by atoms with Crippen LogP contribution in [0.1, 0.15) is 5.56 Å². The summed E-state index contributed by atoms with van der Waals surface area (Å²) in [5, 5.41) is 0. The number of rotatable bonds is 0. The third-order valence-corrected chi connectivity index (χ3v) is 1.85. The van der Waals surface area contributed by atoms with Crippen LogP contribution in [0.5, 0.6) is 0 Å². The largest absolute Gasteiger partial charge is 0.399 e. The summed E-state index contributed by atoms with van der Waals surface area (Å²) in [5.41, 5.74) is 13.2. The van der Waals surface area contributed by atoms with Crippen LogP contribution in [-0.2, 0) is 0 Å². The first-order valence-corrected chi connectivity index (χ1v) is 4.85. The van der Waals surface area contributed by atoms with Crippen LogP contribution in [0.4, 0.5) is 11.4 Å². The third kappa shape index (κ3) is 4.21. The molecule has 0 bridgehead atoms. The van der Waals surface area contributed by atoms with Crippen LogP contribution in [0.15, 0.2) is 54.6 Å². The van der Waals surface area contributed by atoms with Crippen LogP contribution >= 0.6 is 0 Å². The Kier molecular flexibility index (Phi) is 4.49. The first kappa shape index (κ1) is 11.7. The first-order valence-electron chi connectivity index (χ1n) is 4.85. The van der Waals surface area contributed by atoms with Crippen molar-refractivity contribution in [3.05, 3.63) is 60.2 Å². The fraction of sp³-hybridized carbons (Fsp3) is 0. The Morgan fingerprint density at radius 3 is 1.81 bits per heavy atom. The van der Waals surface area contributed by atoms with Gasteiger partial charge in [0, 0.05) is 16.9 Å². The second-order valence-corrected chi connectivity index (χ2v) is 3.18. The van der Waals surface area contributed by atoms with Gasteiger partial charge in [-0.2, -0.15) is 0 Å². The number of hydrogen-bond acceptors (Lipinski definition) is 2. The highest BCUT2D eigenvalue weighted by Gasteiger charge is 1.84. The highest BCUT2D eigenvalue weighted by atomic mass is 14.5. The van der Waals surface area contributed by atoms with Gasteiger partial charge in [-0.25, -0.2) is 0 Å². The van der Waals surface area contributed by atoms with Crippen LogP contribution in [-0.4, -0.2) is 0 Å². The predicted molar refractivity (Wildman–Crippen MR) is 69.6 cm³/mol. The molecule has 0 aliphatic carbocycles. The second-order valence-electron chi connectivity index (χ2n) is 3.18. The summed E-state index contributed by atoms with van der Waals surface area (Å²) in [4.78, 5) is 0. The highest BCUT2D eigenvalue weighted by Crippen LogP contribution is 2.03. The molecule has 0 amide bonds. The van der Waals surface area contributed by atoms with Crippen molar-refractivity contribution in [1.82, 2.24) is 0 Å². The summed E-state index contributed by atoms with van der Waals surface area (Å²) in [6, 6.07) is 16.7. The SMILES string of the molecule is C#Cc1cccc(N)c1.Nc1ccccc1. The Labute approximate surface area is 95.9 Å². The van der Waals surface area contributed by atoms with Gasteiger partial charge in [-0.3, -0.25) is 0 Å². The predicted octanol–water partition coefficient (Wildman–Crippen LogP) is 2.52. The Morgan fingerprint density at radius 1 is 0.812 bits per heavy atom. The van der Waals surface area contributed by atoms with E-state index in [-0.39, 0.29) is 0 Å². The van der Waals surface area contributed by atoms with Crippen molar-refractivity contribution in [1.29, 1.82) is 0 Å². The molecule has 0 aromatic heterocycles. The Bertz CT molecular complexity index is 470. The quantitative estimate of drug-likeness (QED) is 0.518. The van der Waals surface area contributed by atoms with Crippen LogP contribution in [0.25, 0.3) is 0 Å². The maximum atomic E-state index is 5.44. The minimum Gasteiger partial charge on any atom is -0.399 e. The molecule has 2 nitrogen and oxygen atoms in total. The molecule has 2 aromatic rings.